The van der Waals surface area contributed by atoms with Crippen LogP contribution in [0.25, 0.3) is 0 Å². The summed E-state index contributed by atoms with van der Waals surface area (Å²) in [5.74, 6) is 0.0696. The quantitative estimate of drug-likeness (QED) is 0.753. The second kappa shape index (κ2) is 5.89. The van der Waals surface area contributed by atoms with Gasteiger partial charge in [0.2, 0.25) is 0 Å². The van der Waals surface area contributed by atoms with Crippen LogP contribution in [0.15, 0.2) is 18.2 Å². The van der Waals surface area contributed by atoms with Gasteiger partial charge in [0.1, 0.15) is 0 Å². The minimum absolute atomic E-state index is 0.246. The van der Waals surface area contributed by atoms with Gasteiger partial charge in [0.25, 0.3) is 5.91 Å². The molecule has 0 spiro atoms. The Bertz CT molecular complexity index is 417. The van der Waals surface area contributed by atoms with E-state index in [0.717, 1.165) is 0 Å². The van der Waals surface area contributed by atoms with E-state index in [2.05, 4.69) is 0 Å². The van der Waals surface area contributed by atoms with Crippen LogP contribution in [-0.2, 0) is 4.79 Å². The minimum Gasteiger partial charge on any atom is -0.493 e. The predicted molar refractivity (Wildman–Crippen MR) is 62.3 cm³/mol. The number of nitrogens with two attached hydrogens (primary N) is 1. The molecule has 92 valence electrons. The van der Waals surface area contributed by atoms with Crippen LogP contribution in [0, 0.1) is 0 Å². The van der Waals surface area contributed by atoms with E-state index >= 15 is 0 Å². The number of carbonyl (C=O) groups excluding carboxylic acids is 2. The van der Waals surface area contributed by atoms with Gasteiger partial charge < -0.3 is 15.2 Å². The molecule has 0 aromatic heterocycles. The lowest BCUT2D eigenvalue weighted by Gasteiger charge is -2.17. The number of benzene rings is 1. The number of rotatable bonds is 6. The fourth-order valence-electron chi connectivity index (χ4n) is 1.40. The van der Waals surface area contributed by atoms with Crippen molar-refractivity contribution in [1.29, 1.82) is 0 Å². The van der Waals surface area contributed by atoms with E-state index < -0.39 is 12.0 Å². The maximum atomic E-state index is 11.1. The van der Waals surface area contributed by atoms with Gasteiger partial charge in [-0.15, -0.1) is 0 Å². The summed E-state index contributed by atoms with van der Waals surface area (Å²) in [4.78, 5) is 22.0. The molecule has 17 heavy (non-hydrogen) atoms. The Morgan fingerprint density at radius 2 is 2.24 bits per heavy atom. The second-order valence-electron chi connectivity index (χ2n) is 3.41. The summed E-state index contributed by atoms with van der Waals surface area (Å²) in [6.07, 6.45) is 0.294. The first-order valence-electron chi connectivity index (χ1n) is 5.22. The van der Waals surface area contributed by atoms with Crippen molar-refractivity contribution in [2.75, 3.05) is 7.11 Å². The van der Waals surface area contributed by atoms with Gasteiger partial charge in [0.05, 0.1) is 12.7 Å². The third-order valence-electron chi connectivity index (χ3n) is 2.30. The van der Waals surface area contributed by atoms with E-state index in [1.807, 2.05) is 0 Å². The zero-order valence-electron chi connectivity index (χ0n) is 9.80. The number of para-hydroxylation sites is 1. The molecule has 0 aliphatic carbocycles. The highest BCUT2D eigenvalue weighted by atomic mass is 16.5. The summed E-state index contributed by atoms with van der Waals surface area (Å²) < 4.78 is 10.5. The van der Waals surface area contributed by atoms with Crippen molar-refractivity contribution in [2.24, 2.45) is 5.73 Å². The standard InChI is InChI=1S/C12H15NO4/c1-3-9(12(13)15)17-11-8(7-14)5-4-6-10(11)16-2/h4-7,9H,3H2,1-2H3,(H2,13,15). The number of hydrogen-bond donors (Lipinski definition) is 1. The normalized spacial score (nSPS) is 11.6. The number of methoxy groups -OCH3 is 1. The largest absolute Gasteiger partial charge is 0.493 e. The first-order valence-corrected chi connectivity index (χ1v) is 5.22. The minimum atomic E-state index is -0.773. The molecule has 0 radical (unpaired) electrons. The maximum Gasteiger partial charge on any atom is 0.258 e. The van der Waals surface area contributed by atoms with Crippen molar-refractivity contribution >= 4 is 12.2 Å². The Kier molecular flexibility index (Phi) is 4.51. The van der Waals surface area contributed by atoms with E-state index in [-0.39, 0.29) is 5.75 Å². The molecular weight excluding hydrogens is 222 g/mol. The predicted octanol–water partition coefficient (Wildman–Crippen LogP) is 1.15. The molecule has 0 fully saturated rings. The van der Waals surface area contributed by atoms with Gasteiger partial charge in [-0.3, -0.25) is 9.59 Å². The van der Waals surface area contributed by atoms with Crippen LogP contribution >= 0.6 is 0 Å². The molecule has 1 atom stereocenters. The second-order valence-corrected chi connectivity index (χ2v) is 3.41. The molecule has 5 heteroatoms. The molecule has 0 bridgehead atoms. The van der Waals surface area contributed by atoms with E-state index in [4.69, 9.17) is 15.2 Å². The van der Waals surface area contributed by atoms with Gasteiger partial charge in [-0.1, -0.05) is 13.0 Å². The zero-order chi connectivity index (χ0) is 12.8. The molecule has 0 heterocycles. The summed E-state index contributed by atoms with van der Waals surface area (Å²) >= 11 is 0. The van der Waals surface area contributed by atoms with Crippen molar-refractivity contribution in [1.82, 2.24) is 0 Å². The third kappa shape index (κ3) is 2.96. The van der Waals surface area contributed by atoms with E-state index in [1.54, 1.807) is 25.1 Å². The number of primary amides is 1. The van der Waals surface area contributed by atoms with Crippen LogP contribution in [0.5, 0.6) is 11.5 Å². The molecule has 1 unspecified atom stereocenters. The van der Waals surface area contributed by atoms with Crippen LogP contribution < -0.4 is 15.2 Å². The molecule has 0 aliphatic heterocycles. The summed E-state index contributed by atoms with van der Waals surface area (Å²) in [6.45, 7) is 1.77. The zero-order valence-corrected chi connectivity index (χ0v) is 9.80. The van der Waals surface area contributed by atoms with Crippen molar-refractivity contribution in [3.8, 4) is 11.5 Å². The van der Waals surface area contributed by atoms with E-state index in [9.17, 15) is 9.59 Å². The first kappa shape index (κ1) is 13.0. The fraction of sp³-hybridized carbons (Fsp3) is 0.333. The number of hydrogen-bond acceptors (Lipinski definition) is 4. The summed E-state index contributed by atoms with van der Waals surface area (Å²) in [6, 6.07) is 4.90. The molecule has 0 saturated heterocycles. The molecule has 2 N–H and O–H groups in total. The monoisotopic (exact) mass is 237 g/mol. The summed E-state index contributed by atoms with van der Waals surface area (Å²) in [5, 5.41) is 0. The van der Waals surface area contributed by atoms with Gasteiger partial charge in [-0.2, -0.15) is 0 Å². The Balaban J connectivity index is 3.10. The van der Waals surface area contributed by atoms with Crippen molar-refractivity contribution in [3.05, 3.63) is 23.8 Å². The van der Waals surface area contributed by atoms with Gasteiger partial charge in [-0.25, -0.2) is 0 Å². The molecule has 0 aliphatic rings. The lowest BCUT2D eigenvalue weighted by molar-refractivity contribution is -0.124. The first-order chi connectivity index (χ1) is 8.13. The van der Waals surface area contributed by atoms with E-state index in [1.165, 1.54) is 7.11 Å². The van der Waals surface area contributed by atoms with Gasteiger partial charge in [0.15, 0.2) is 23.9 Å². The molecular formula is C12H15NO4. The molecule has 1 amide bonds. The molecule has 5 nitrogen and oxygen atoms in total. The van der Waals surface area contributed by atoms with Gasteiger partial charge >= 0.3 is 0 Å². The Labute approximate surface area is 99.5 Å². The van der Waals surface area contributed by atoms with Crippen LogP contribution in [0.3, 0.4) is 0 Å². The Morgan fingerprint density at radius 1 is 1.53 bits per heavy atom. The van der Waals surface area contributed by atoms with Gasteiger partial charge in [0, 0.05) is 0 Å². The highest BCUT2D eigenvalue weighted by Crippen LogP contribution is 2.31. The lowest BCUT2D eigenvalue weighted by atomic mass is 10.2. The highest BCUT2D eigenvalue weighted by Gasteiger charge is 2.19. The number of aldehydes is 1. The van der Waals surface area contributed by atoms with Crippen LogP contribution in [-0.4, -0.2) is 25.4 Å². The lowest BCUT2D eigenvalue weighted by Crippen LogP contribution is -2.33. The highest BCUT2D eigenvalue weighted by molar-refractivity contribution is 5.83. The summed E-state index contributed by atoms with van der Waals surface area (Å²) in [5.41, 5.74) is 5.51. The van der Waals surface area contributed by atoms with Crippen molar-refractivity contribution < 1.29 is 19.1 Å². The Hall–Kier alpha value is -2.04. The molecule has 0 saturated carbocycles. The SMILES string of the molecule is CCC(Oc1c(C=O)cccc1OC)C(N)=O. The number of amides is 1. The smallest absolute Gasteiger partial charge is 0.258 e. The number of ether oxygens (including phenoxy) is 2. The van der Waals surface area contributed by atoms with Crippen molar-refractivity contribution in [2.45, 2.75) is 19.4 Å². The van der Waals surface area contributed by atoms with Crippen LogP contribution in [0.1, 0.15) is 23.7 Å². The Morgan fingerprint density at radius 3 is 2.71 bits per heavy atom. The molecule has 1 aromatic rings. The average molecular weight is 237 g/mol. The van der Waals surface area contributed by atoms with Crippen molar-refractivity contribution in [3.63, 3.8) is 0 Å². The third-order valence-corrected chi connectivity index (χ3v) is 2.30. The fourth-order valence-corrected chi connectivity index (χ4v) is 1.40. The maximum absolute atomic E-state index is 11.1. The average Bonchev–Trinajstić information content (AvgIpc) is 2.35. The van der Waals surface area contributed by atoms with Crippen LogP contribution in [0.2, 0.25) is 0 Å². The molecule has 1 aromatic carbocycles. The van der Waals surface area contributed by atoms with E-state index in [0.29, 0.717) is 24.0 Å². The summed E-state index contributed by atoms with van der Waals surface area (Å²) in [7, 11) is 1.46. The van der Waals surface area contributed by atoms with Crippen LogP contribution in [0.4, 0.5) is 0 Å². The molecule has 1 rings (SSSR count). The van der Waals surface area contributed by atoms with Gasteiger partial charge in [-0.05, 0) is 18.6 Å². The number of carbonyl (C=O) groups is 2. The topological polar surface area (TPSA) is 78.6 Å².